The quantitative estimate of drug-likeness (QED) is 0.725. The van der Waals surface area contributed by atoms with Crippen LogP contribution >= 0.6 is 0 Å². The van der Waals surface area contributed by atoms with Gasteiger partial charge in [0.1, 0.15) is 0 Å². The first kappa shape index (κ1) is 8.94. The molecule has 2 N–H and O–H groups in total. The molecule has 1 aliphatic carbocycles. The summed E-state index contributed by atoms with van der Waals surface area (Å²) >= 11 is 0. The van der Waals surface area contributed by atoms with Crippen molar-refractivity contribution in [3.63, 3.8) is 0 Å². The highest BCUT2D eigenvalue weighted by Gasteiger charge is 2.14. The van der Waals surface area contributed by atoms with Crippen molar-refractivity contribution in [2.45, 2.75) is 19.8 Å². The predicted molar refractivity (Wildman–Crippen MR) is 54.8 cm³/mol. The summed E-state index contributed by atoms with van der Waals surface area (Å²) in [5.41, 5.74) is 8.63. The number of nitrogens with zero attached hydrogens (tertiary/aromatic N) is 1. The third-order valence-corrected chi connectivity index (χ3v) is 2.36. The van der Waals surface area contributed by atoms with Crippen molar-refractivity contribution in [1.82, 2.24) is 4.98 Å². The van der Waals surface area contributed by atoms with Gasteiger partial charge in [0.05, 0.1) is 0 Å². The number of amides is 1. The van der Waals surface area contributed by atoms with E-state index in [2.05, 4.69) is 4.98 Å². The Labute approximate surface area is 82.6 Å². The van der Waals surface area contributed by atoms with Crippen LogP contribution in [0.1, 0.15) is 33.7 Å². The molecule has 14 heavy (non-hydrogen) atoms. The maximum atomic E-state index is 11.2. The number of allylic oxidation sites excluding steroid dienone is 1. The number of nitrogens with two attached hydrogens (primary N) is 1. The van der Waals surface area contributed by atoms with Gasteiger partial charge in [-0.05, 0) is 25.8 Å². The molecule has 1 aromatic heterocycles. The molecule has 3 heteroatoms. The number of primary amides is 1. The minimum atomic E-state index is -0.377. The first-order valence-corrected chi connectivity index (χ1v) is 4.65. The molecule has 0 atom stereocenters. The minimum absolute atomic E-state index is 0.377. The van der Waals surface area contributed by atoms with Gasteiger partial charge in [0.25, 0.3) is 0 Å². The Bertz CT molecular complexity index is 422. The van der Waals surface area contributed by atoms with Crippen molar-refractivity contribution in [2.75, 3.05) is 0 Å². The third-order valence-electron chi connectivity index (χ3n) is 2.36. The van der Waals surface area contributed by atoms with E-state index in [9.17, 15) is 4.79 Å². The van der Waals surface area contributed by atoms with E-state index in [1.807, 2.05) is 19.1 Å². The van der Waals surface area contributed by atoms with Crippen molar-refractivity contribution in [3.05, 3.63) is 34.7 Å². The van der Waals surface area contributed by atoms with Crippen molar-refractivity contribution in [2.24, 2.45) is 5.73 Å². The van der Waals surface area contributed by atoms with Gasteiger partial charge in [-0.15, -0.1) is 0 Å². The van der Waals surface area contributed by atoms with Crippen LogP contribution in [0.15, 0.2) is 12.1 Å². The molecule has 1 aromatic rings. The number of pyridine rings is 1. The van der Waals surface area contributed by atoms with Crippen molar-refractivity contribution >= 4 is 12.0 Å². The summed E-state index contributed by atoms with van der Waals surface area (Å²) in [7, 11) is 0. The lowest BCUT2D eigenvalue weighted by atomic mass is 9.97. The van der Waals surface area contributed by atoms with Crippen LogP contribution in [0.3, 0.4) is 0 Å². The highest BCUT2D eigenvalue weighted by Crippen LogP contribution is 2.21. The largest absolute Gasteiger partial charge is 0.366 e. The van der Waals surface area contributed by atoms with Crippen LogP contribution in [0.5, 0.6) is 0 Å². The molecule has 0 radical (unpaired) electrons. The van der Waals surface area contributed by atoms with E-state index in [0.29, 0.717) is 5.56 Å². The van der Waals surface area contributed by atoms with Crippen LogP contribution in [0, 0.1) is 6.92 Å². The van der Waals surface area contributed by atoms with E-state index >= 15 is 0 Å². The number of hydrogen-bond acceptors (Lipinski definition) is 2. The number of carbonyl (C=O) groups is 1. The number of aromatic nitrogens is 1. The second-order valence-corrected chi connectivity index (χ2v) is 3.48. The molecule has 0 unspecified atom stereocenters. The van der Waals surface area contributed by atoms with E-state index in [1.54, 1.807) is 6.07 Å². The Kier molecular flexibility index (Phi) is 2.08. The van der Waals surface area contributed by atoms with Crippen LogP contribution in [0.25, 0.3) is 6.08 Å². The summed E-state index contributed by atoms with van der Waals surface area (Å²) in [6.45, 7) is 1.88. The zero-order valence-electron chi connectivity index (χ0n) is 8.08. The summed E-state index contributed by atoms with van der Waals surface area (Å²) < 4.78 is 0. The van der Waals surface area contributed by atoms with Crippen LogP contribution in [0.4, 0.5) is 0 Å². The first-order chi connectivity index (χ1) is 6.68. The number of hydrogen-bond donors (Lipinski definition) is 1. The van der Waals surface area contributed by atoms with Crippen molar-refractivity contribution in [3.8, 4) is 0 Å². The summed E-state index contributed by atoms with van der Waals surface area (Å²) in [6, 6.07) is 1.75. The van der Waals surface area contributed by atoms with Gasteiger partial charge in [0, 0.05) is 22.5 Å². The average molecular weight is 188 g/mol. The van der Waals surface area contributed by atoms with Gasteiger partial charge in [-0.3, -0.25) is 9.78 Å². The summed E-state index contributed by atoms with van der Waals surface area (Å²) in [6.07, 6.45) is 5.87. The van der Waals surface area contributed by atoms with Crippen molar-refractivity contribution in [1.29, 1.82) is 0 Å². The van der Waals surface area contributed by atoms with E-state index in [1.165, 1.54) is 0 Å². The fourth-order valence-electron chi connectivity index (χ4n) is 1.75. The molecule has 0 aliphatic heterocycles. The zero-order valence-corrected chi connectivity index (χ0v) is 8.08. The van der Waals surface area contributed by atoms with Crippen LogP contribution in [-0.4, -0.2) is 10.9 Å². The Morgan fingerprint density at radius 3 is 3.07 bits per heavy atom. The van der Waals surface area contributed by atoms with Gasteiger partial charge in [-0.2, -0.15) is 0 Å². The Morgan fingerprint density at radius 1 is 1.57 bits per heavy atom. The van der Waals surface area contributed by atoms with E-state index in [4.69, 9.17) is 5.73 Å². The standard InChI is InChI=1S/C11H12N2O/c1-7-6-9(11(12)14)8-4-2-3-5-10(8)13-7/h2,4,6H,3,5H2,1H3,(H2,12,14). The molecule has 0 bridgehead atoms. The van der Waals surface area contributed by atoms with Gasteiger partial charge in [0.2, 0.25) is 5.91 Å². The van der Waals surface area contributed by atoms with E-state index in [-0.39, 0.29) is 5.91 Å². The second-order valence-electron chi connectivity index (χ2n) is 3.48. The molecule has 1 amide bonds. The summed E-state index contributed by atoms with van der Waals surface area (Å²) in [5, 5.41) is 0. The first-order valence-electron chi connectivity index (χ1n) is 4.65. The zero-order chi connectivity index (χ0) is 10.1. The molecule has 0 aromatic carbocycles. The van der Waals surface area contributed by atoms with Crippen LogP contribution < -0.4 is 5.73 Å². The smallest absolute Gasteiger partial charge is 0.249 e. The van der Waals surface area contributed by atoms with Crippen molar-refractivity contribution < 1.29 is 4.79 Å². The second kappa shape index (κ2) is 3.25. The molecule has 1 heterocycles. The Hall–Kier alpha value is -1.64. The molecular formula is C11H12N2O. The molecule has 1 aliphatic rings. The maximum Gasteiger partial charge on any atom is 0.249 e. The fourth-order valence-corrected chi connectivity index (χ4v) is 1.75. The third kappa shape index (κ3) is 1.41. The topological polar surface area (TPSA) is 56.0 Å². The normalized spacial score (nSPS) is 13.8. The average Bonchev–Trinajstić information content (AvgIpc) is 2.16. The summed E-state index contributed by atoms with van der Waals surface area (Å²) in [5.74, 6) is -0.377. The van der Waals surface area contributed by atoms with Crippen LogP contribution in [0.2, 0.25) is 0 Å². The number of carbonyl (C=O) groups excluding carboxylic acids is 1. The van der Waals surface area contributed by atoms with Gasteiger partial charge in [-0.1, -0.05) is 12.2 Å². The Morgan fingerprint density at radius 2 is 2.36 bits per heavy atom. The van der Waals surface area contributed by atoms with Gasteiger partial charge in [0.15, 0.2) is 0 Å². The molecule has 0 spiro atoms. The molecule has 0 saturated carbocycles. The lowest BCUT2D eigenvalue weighted by Gasteiger charge is -2.13. The molecular weight excluding hydrogens is 176 g/mol. The van der Waals surface area contributed by atoms with E-state index in [0.717, 1.165) is 29.8 Å². The van der Waals surface area contributed by atoms with E-state index < -0.39 is 0 Å². The SMILES string of the molecule is Cc1cc(C(N)=O)c2c(n1)CCC=C2. The molecule has 72 valence electrons. The highest BCUT2D eigenvalue weighted by molar-refractivity contribution is 5.97. The van der Waals surface area contributed by atoms with Gasteiger partial charge < -0.3 is 5.73 Å². The maximum absolute atomic E-state index is 11.2. The lowest BCUT2D eigenvalue weighted by Crippen LogP contribution is -2.16. The number of aryl methyl sites for hydroxylation is 2. The molecule has 3 nitrogen and oxygen atoms in total. The summed E-state index contributed by atoms with van der Waals surface area (Å²) in [4.78, 5) is 15.6. The lowest BCUT2D eigenvalue weighted by molar-refractivity contribution is 0.1000. The fraction of sp³-hybridized carbons (Fsp3) is 0.273. The molecule has 0 saturated heterocycles. The van der Waals surface area contributed by atoms with Crippen LogP contribution in [-0.2, 0) is 6.42 Å². The monoisotopic (exact) mass is 188 g/mol. The molecule has 0 fully saturated rings. The van der Waals surface area contributed by atoms with Gasteiger partial charge >= 0.3 is 0 Å². The predicted octanol–water partition coefficient (Wildman–Crippen LogP) is 1.45. The number of fused-ring (bicyclic) bond motifs is 1. The number of rotatable bonds is 1. The Balaban J connectivity index is 2.66. The van der Waals surface area contributed by atoms with Gasteiger partial charge in [-0.25, -0.2) is 0 Å². The molecule has 2 rings (SSSR count). The highest BCUT2D eigenvalue weighted by atomic mass is 16.1. The minimum Gasteiger partial charge on any atom is -0.366 e.